The third kappa shape index (κ3) is 7.98. The van der Waals surface area contributed by atoms with Gasteiger partial charge in [0.1, 0.15) is 17.2 Å². The van der Waals surface area contributed by atoms with E-state index >= 15 is 0 Å². The van der Waals surface area contributed by atoms with Gasteiger partial charge in [-0.25, -0.2) is 0 Å². The van der Waals surface area contributed by atoms with Gasteiger partial charge in [-0.15, -0.1) is 0 Å². The van der Waals surface area contributed by atoms with Gasteiger partial charge in [0.15, 0.2) is 23.0 Å². The summed E-state index contributed by atoms with van der Waals surface area (Å²) in [6, 6.07) is 6.17. The number of hydrogen-bond donors (Lipinski definition) is 0. The maximum atomic E-state index is 11.6. The van der Waals surface area contributed by atoms with Gasteiger partial charge >= 0.3 is 29.8 Å². The second-order valence-corrected chi connectivity index (χ2v) is 6.46. The van der Waals surface area contributed by atoms with Gasteiger partial charge in [-0.2, -0.15) is 0 Å². The van der Waals surface area contributed by atoms with Crippen molar-refractivity contribution in [3.63, 3.8) is 0 Å². The fraction of sp³-hybridized carbons (Fsp3) is 0.227. The molecule has 0 aromatic heterocycles. The molecule has 0 atom stereocenters. The summed E-state index contributed by atoms with van der Waals surface area (Å²) in [5, 5.41) is 0. The van der Waals surface area contributed by atoms with E-state index in [9.17, 15) is 24.0 Å². The van der Waals surface area contributed by atoms with Crippen LogP contribution in [0.5, 0.6) is 40.2 Å². The minimum Gasteiger partial charge on any atom is -0.453 e. The zero-order valence-electron chi connectivity index (χ0n) is 18.4. The predicted octanol–water partition coefficient (Wildman–Crippen LogP) is 3.11. The van der Waals surface area contributed by atoms with Crippen molar-refractivity contribution in [3.05, 3.63) is 30.3 Å². The summed E-state index contributed by atoms with van der Waals surface area (Å²) in [7, 11) is 0. The molecular formula is C22H20O11. The van der Waals surface area contributed by atoms with Crippen LogP contribution >= 0.6 is 0 Å². The molecular weight excluding hydrogens is 440 g/mol. The van der Waals surface area contributed by atoms with E-state index < -0.39 is 29.8 Å². The smallest absolute Gasteiger partial charge is 0.308 e. The van der Waals surface area contributed by atoms with Gasteiger partial charge in [0.05, 0.1) is 0 Å². The Hall–Kier alpha value is -4.41. The Kier molecular flexibility index (Phi) is 8.10. The highest BCUT2D eigenvalue weighted by atomic mass is 16.6. The molecule has 0 fully saturated rings. The number of ether oxygens (including phenoxy) is 6. The molecule has 0 bridgehead atoms. The van der Waals surface area contributed by atoms with Gasteiger partial charge < -0.3 is 28.4 Å². The highest BCUT2D eigenvalue weighted by molar-refractivity contribution is 5.77. The maximum Gasteiger partial charge on any atom is 0.308 e. The lowest BCUT2D eigenvalue weighted by molar-refractivity contribution is -0.134. The summed E-state index contributed by atoms with van der Waals surface area (Å²) < 4.78 is 31.0. The lowest BCUT2D eigenvalue weighted by Crippen LogP contribution is -2.09. The minimum absolute atomic E-state index is 0.00188. The first-order valence-corrected chi connectivity index (χ1v) is 9.36. The van der Waals surface area contributed by atoms with Crippen molar-refractivity contribution in [2.45, 2.75) is 34.6 Å². The van der Waals surface area contributed by atoms with E-state index in [0.717, 1.165) is 32.9 Å². The van der Waals surface area contributed by atoms with Crippen molar-refractivity contribution in [2.75, 3.05) is 0 Å². The number of rotatable bonds is 7. The summed E-state index contributed by atoms with van der Waals surface area (Å²) in [6.45, 7) is 5.75. The molecule has 0 unspecified atom stereocenters. The van der Waals surface area contributed by atoms with Gasteiger partial charge in [-0.3, -0.25) is 24.0 Å². The van der Waals surface area contributed by atoms with E-state index in [-0.39, 0.29) is 40.2 Å². The minimum atomic E-state index is -0.719. The molecule has 0 saturated heterocycles. The number of hydrogen-bond acceptors (Lipinski definition) is 11. The molecule has 0 heterocycles. The van der Waals surface area contributed by atoms with Crippen LogP contribution in [0.4, 0.5) is 0 Å². The van der Waals surface area contributed by atoms with E-state index in [4.69, 9.17) is 28.4 Å². The molecule has 0 aliphatic heterocycles. The van der Waals surface area contributed by atoms with Crippen molar-refractivity contribution < 1.29 is 52.4 Å². The van der Waals surface area contributed by atoms with Gasteiger partial charge in [-0.05, 0) is 0 Å². The molecule has 0 aliphatic rings. The average molecular weight is 460 g/mol. The number of carbonyl (C=O) groups excluding carboxylic acids is 5. The normalized spacial score (nSPS) is 9.97. The Labute approximate surface area is 188 Å². The maximum absolute atomic E-state index is 11.6. The summed E-state index contributed by atoms with van der Waals surface area (Å²) in [4.78, 5) is 57.2. The second kappa shape index (κ2) is 10.8. The van der Waals surface area contributed by atoms with Gasteiger partial charge in [0, 0.05) is 65.0 Å². The highest BCUT2D eigenvalue weighted by Gasteiger charge is 2.20. The lowest BCUT2D eigenvalue weighted by Gasteiger charge is -2.16. The quantitative estimate of drug-likeness (QED) is 0.444. The van der Waals surface area contributed by atoms with Crippen LogP contribution in [-0.2, 0) is 24.0 Å². The SMILES string of the molecule is CC(=O)Oc1cc(OC(C)=O)cc(Oc2cc(OC(C)=O)c(OC(C)=O)cc2OC(C)=O)c1. The van der Waals surface area contributed by atoms with E-state index in [1.807, 2.05) is 0 Å². The monoisotopic (exact) mass is 460 g/mol. The fourth-order valence-corrected chi connectivity index (χ4v) is 2.49. The van der Waals surface area contributed by atoms with Crippen LogP contribution in [0.15, 0.2) is 30.3 Å². The molecule has 11 nitrogen and oxygen atoms in total. The van der Waals surface area contributed by atoms with Crippen molar-refractivity contribution >= 4 is 29.8 Å². The Bertz CT molecular complexity index is 1080. The summed E-state index contributed by atoms with van der Waals surface area (Å²) in [6.07, 6.45) is 0. The Morgan fingerprint density at radius 1 is 0.424 bits per heavy atom. The first-order valence-electron chi connectivity index (χ1n) is 9.36. The van der Waals surface area contributed by atoms with Crippen molar-refractivity contribution in [1.82, 2.24) is 0 Å². The summed E-state index contributed by atoms with van der Waals surface area (Å²) in [5.41, 5.74) is 0. The predicted molar refractivity (Wildman–Crippen MR) is 110 cm³/mol. The van der Waals surface area contributed by atoms with Crippen LogP contribution < -0.4 is 28.4 Å². The van der Waals surface area contributed by atoms with Crippen LogP contribution in [-0.4, -0.2) is 29.8 Å². The zero-order chi connectivity index (χ0) is 24.7. The molecule has 2 aromatic carbocycles. The molecule has 33 heavy (non-hydrogen) atoms. The molecule has 2 aromatic rings. The standard InChI is InChI=1S/C22H20O11/c1-11(23)28-16-6-17(29-12(2)24)8-18(7-16)33-22-10-20(31-14(4)26)19(30-13(3)25)9-21(22)32-15(5)27/h6-10H,1-5H3. The molecule has 0 aliphatic carbocycles. The number of benzene rings is 2. The largest absolute Gasteiger partial charge is 0.453 e. The second-order valence-electron chi connectivity index (χ2n) is 6.46. The van der Waals surface area contributed by atoms with Crippen LogP contribution in [0.1, 0.15) is 34.6 Å². The third-order valence-electron chi connectivity index (χ3n) is 3.38. The molecule has 0 saturated carbocycles. The van der Waals surface area contributed by atoms with Gasteiger partial charge in [0.25, 0.3) is 0 Å². The summed E-state index contributed by atoms with van der Waals surface area (Å²) in [5.74, 6) is -4.12. The van der Waals surface area contributed by atoms with Crippen LogP contribution in [0, 0.1) is 0 Å². The topological polar surface area (TPSA) is 141 Å². The highest BCUT2D eigenvalue weighted by Crippen LogP contribution is 2.43. The van der Waals surface area contributed by atoms with Gasteiger partial charge in [-0.1, -0.05) is 0 Å². The van der Waals surface area contributed by atoms with E-state index in [1.54, 1.807) is 0 Å². The lowest BCUT2D eigenvalue weighted by atomic mass is 10.2. The third-order valence-corrected chi connectivity index (χ3v) is 3.38. The van der Waals surface area contributed by atoms with Crippen LogP contribution in [0.25, 0.3) is 0 Å². The molecule has 11 heteroatoms. The summed E-state index contributed by atoms with van der Waals surface area (Å²) >= 11 is 0. The molecule has 0 N–H and O–H groups in total. The van der Waals surface area contributed by atoms with Crippen molar-refractivity contribution in [1.29, 1.82) is 0 Å². The van der Waals surface area contributed by atoms with Gasteiger partial charge in [0.2, 0.25) is 0 Å². The fourth-order valence-electron chi connectivity index (χ4n) is 2.49. The molecule has 0 spiro atoms. The first kappa shape index (κ1) is 24.9. The molecule has 0 amide bonds. The van der Waals surface area contributed by atoms with Crippen LogP contribution in [0.2, 0.25) is 0 Å². The molecule has 174 valence electrons. The number of esters is 5. The number of carbonyl (C=O) groups is 5. The average Bonchev–Trinajstić information content (AvgIpc) is 2.62. The molecule has 2 rings (SSSR count). The zero-order valence-corrected chi connectivity index (χ0v) is 18.4. The Balaban J connectivity index is 2.60. The van der Waals surface area contributed by atoms with Crippen molar-refractivity contribution in [2.24, 2.45) is 0 Å². The van der Waals surface area contributed by atoms with Crippen LogP contribution in [0.3, 0.4) is 0 Å². The Morgan fingerprint density at radius 2 is 0.727 bits per heavy atom. The first-order chi connectivity index (χ1) is 15.4. The van der Waals surface area contributed by atoms with E-state index in [0.29, 0.717) is 0 Å². The van der Waals surface area contributed by atoms with E-state index in [1.165, 1.54) is 32.0 Å². The van der Waals surface area contributed by atoms with Crippen molar-refractivity contribution in [3.8, 4) is 40.2 Å². The van der Waals surface area contributed by atoms with E-state index in [2.05, 4.69) is 0 Å². The Morgan fingerprint density at radius 3 is 1.09 bits per heavy atom. The molecule has 0 radical (unpaired) electrons.